The molecular formula is C13H24N4. The van der Waals surface area contributed by atoms with Crippen LogP contribution in [0.1, 0.15) is 63.6 Å². The number of hydrogen-bond donors (Lipinski definition) is 1. The molecule has 0 radical (unpaired) electrons. The molecule has 0 aliphatic heterocycles. The SMILES string of the molecule is CCCCC1CCC(c2nc(N)n(C)n2)CC1. The molecule has 1 heterocycles. The zero-order valence-electron chi connectivity index (χ0n) is 11.0. The van der Waals surface area contributed by atoms with Gasteiger partial charge in [-0.05, 0) is 31.6 Å². The summed E-state index contributed by atoms with van der Waals surface area (Å²) in [5, 5.41) is 4.40. The van der Waals surface area contributed by atoms with Crippen molar-refractivity contribution in [2.45, 2.75) is 57.8 Å². The smallest absolute Gasteiger partial charge is 0.218 e. The van der Waals surface area contributed by atoms with Crippen molar-refractivity contribution in [1.29, 1.82) is 0 Å². The van der Waals surface area contributed by atoms with E-state index < -0.39 is 0 Å². The van der Waals surface area contributed by atoms with Crippen molar-refractivity contribution in [3.8, 4) is 0 Å². The van der Waals surface area contributed by atoms with Gasteiger partial charge in [0.25, 0.3) is 0 Å². The molecule has 4 nitrogen and oxygen atoms in total. The van der Waals surface area contributed by atoms with Crippen molar-refractivity contribution in [2.24, 2.45) is 13.0 Å². The van der Waals surface area contributed by atoms with Crippen LogP contribution in [0.2, 0.25) is 0 Å². The standard InChI is InChI=1S/C13H24N4/c1-3-4-5-10-6-8-11(9-7-10)12-15-13(14)17(2)16-12/h10-11H,3-9H2,1-2H3,(H2,14,15,16). The van der Waals surface area contributed by atoms with Crippen molar-refractivity contribution in [3.63, 3.8) is 0 Å². The summed E-state index contributed by atoms with van der Waals surface area (Å²) in [6.07, 6.45) is 9.24. The van der Waals surface area contributed by atoms with Gasteiger partial charge in [-0.1, -0.05) is 26.2 Å². The molecule has 0 unspecified atom stereocenters. The highest BCUT2D eigenvalue weighted by Crippen LogP contribution is 2.36. The van der Waals surface area contributed by atoms with Crippen molar-refractivity contribution >= 4 is 5.95 Å². The van der Waals surface area contributed by atoms with Gasteiger partial charge in [0.15, 0.2) is 5.82 Å². The van der Waals surface area contributed by atoms with Gasteiger partial charge in [-0.2, -0.15) is 10.1 Å². The Labute approximate surface area is 104 Å². The topological polar surface area (TPSA) is 56.7 Å². The van der Waals surface area contributed by atoms with Gasteiger partial charge in [-0.15, -0.1) is 0 Å². The fraction of sp³-hybridized carbons (Fsp3) is 0.846. The molecule has 2 rings (SSSR count). The lowest BCUT2D eigenvalue weighted by atomic mass is 9.79. The van der Waals surface area contributed by atoms with Crippen LogP contribution in [-0.4, -0.2) is 14.8 Å². The molecule has 0 spiro atoms. The Morgan fingerprint density at radius 2 is 2.00 bits per heavy atom. The first-order chi connectivity index (χ1) is 8.20. The minimum Gasteiger partial charge on any atom is -0.368 e. The second-order valence-corrected chi connectivity index (χ2v) is 5.31. The van der Waals surface area contributed by atoms with E-state index in [2.05, 4.69) is 17.0 Å². The lowest BCUT2D eigenvalue weighted by molar-refractivity contribution is 0.298. The van der Waals surface area contributed by atoms with E-state index in [1.165, 1.54) is 44.9 Å². The van der Waals surface area contributed by atoms with Gasteiger partial charge in [0.2, 0.25) is 5.95 Å². The summed E-state index contributed by atoms with van der Waals surface area (Å²) in [7, 11) is 1.86. The molecule has 17 heavy (non-hydrogen) atoms. The fourth-order valence-corrected chi connectivity index (χ4v) is 2.79. The Hall–Kier alpha value is -1.06. The van der Waals surface area contributed by atoms with Crippen molar-refractivity contribution in [3.05, 3.63) is 5.82 Å². The molecule has 0 aromatic carbocycles. The van der Waals surface area contributed by atoms with Gasteiger partial charge in [0.1, 0.15) is 0 Å². The Bertz CT molecular complexity index is 331. The van der Waals surface area contributed by atoms with Crippen LogP contribution in [0.5, 0.6) is 0 Å². The molecule has 1 fully saturated rings. The Kier molecular flexibility index (Phi) is 4.02. The van der Waals surface area contributed by atoms with Crippen LogP contribution in [0.3, 0.4) is 0 Å². The lowest BCUT2D eigenvalue weighted by Crippen LogP contribution is -2.14. The molecule has 1 saturated carbocycles. The summed E-state index contributed by atoms with van der Waals surface area (Å²) >= 11 is 0. The second kappa shape index (κ2) is 5.52. The minimum absolute atomic E-state index is 0.535. The highest BCUT2D eigenvalue weighted by atomic mass is 15.4. The van der Waals surface area contributed by atoms with Crippen LogP contribution in [0.15, 0.2) is 0 Å². The maximum atomic E-state index is 5.73. The Morgan fingerprint density at radius 3 is 2.53 bits per heavy atom. The first-order valence-electron chi connectivity index (χ1n) is 6.87. The van der Waals surface area contributed by atoms with Crippen LogP contribution >= 0.6 is 0 Å². The van der Waals surface area contributed by atoms with E-state index in [9.17, 15) is 0 Å². The monoisotopic (exact) mass is 236 g/mol. The van der Waals surface area contributed by atoms with Crippen LogP contribution in [-0.2, 0) is 7.05 Å². The molecule has 96 valence electrons. The first-order valence-corrected chi connectivity index (χ1v) is 6.87. The molecule has 0 bridgehead atoms. The van der Waals surface area contributed by atoms with E-state index in [4.69, 9.17) is 5.73 Å². The zero-order chi connectivity index (χ0) is 12.3. The summed E-state index contributed by atoms with van der Waals surface area (Å²) < 4.78 is 1.68. The molecule has 1 aromatic heterocycles. The van der Waals surface area contributed by atoms with Crippen LogP contribution in [0.25, 0.3) is 0 Å². The summed E-state index contributed by atoms with van der Waals surface area (Å²) in [6, 6.07) is 0. The molecule has 0 amide bonds. The predicted octanol–water partition coefficient (Wildman–Crippen LogP) is 2.86. The molecule has 1 aliphatic rings. The van der Waals surface area contributed by atoms with Crippen LogP contribution in [0.4, 0.5) is 5.95 Å². The quantitative estimate of drug-likeness (QED) is 0.874. The minimum atomic E-state index is 0.535. The van der Waals surface area contributed by atoms with E-state index in [1.54, 1.807) is 4.68 Å². The van der Waals surface area contributed by atoms with Gasteiger partial charge in [0.05, 0.1) is 0 Å². The highest BCUT2D eigenvalue weighted by molar-refractivity contribution is 5.17. The lowest BCUT2D eigenvalue weighted by Gasteiger charge is -2.26. The van der Waals surface area contributed by atoms with Crippen LogP contribution < -0.4 is 5.73 Å². The number of aryl methyl sites for hydroxylation is 1. The number of nitrogens with two attached hydrogens (primary N) is 1. The average Bonchev–Trinajstić information content (AvgIpc) is 2.68. The van der Waals surface area contributed by atoms with Gasteiger partial charge < -0.3 is 5.73 Å². The molecule has 0 saturated heterocycles. The maximum Gasteiger partial charge on any atom is 0.218 e. The highest BCUT2D eigenvalue weighted by Gasteiger charge is 2.25. The average molecular weight is 236 g/mol. The summed E-state index contributed by atoms with van der Waals surface area (Å²) in [4.78, 5) is 4.35. The third-order valence-corrected chi connectivity index (χ3v) is 3.99. The van der Waals surface area contributed by atoms with E-state index >= 15 is 0 Å². The van der Waals surface area contributed by atoms with Gasteiger partial charge in [-0.25, -0.2) is 4.68 Å². The number of anilines is 1. The molecular weight excluding hydrogens is 212 g/mol. The predicted molar refractivity (Wildman–Crippen MR) is 69.6 cm³/mol. The third-order valence-electron chi connectivity index (χ3n) is 3.99. The van der Waals surface area contributed by atoms with E-state index in [1.807, 2.05) is 7.05 Å². The number of rotatable bonds is 4. The molecule has 0 atom stereocenters. The molecule has 1 aromatic rings. The Morgan fingerprint density at radius 1 is 1.29 bits per heavy atom. The van der Waals surface area contributed by atoms with Gasteiger partial charge in [-0.3, -0.25) is 0 Å². The second-order valence-electron chi connectivity index (χ2n) is 5.31. The van der Waals surface area contributed by atoms with Crippen molar-refractivity contribution < 1.29 is 0 Å². The summed E-state index contributed by atoms with van der Waals surface area (Å²) in [5.41, 5.74) is 5.73. The van der Waals surface area contributed by atoms with Crippen LogP contribution in [0, 0.1) is 5.92 Å². The Balaban J connectivity index is 1.86. The zero-order valence-corrected chi connectivity index (χ0v) is 11.0. The van der Waals surface area contributed by atoms with Crippen molar-refractivity contribution in [1.82, 2.24) is 14.8 Å². The maximum absolute atomic E-state index is 5.73. The van der Waals surface area contributed by atoms with E-state index in [0.717, 1.165) is 11.7 Å². The number of aromatic nitrogens is 3. The third kappa shape index (κ3) is 2.99. The summed E-state index contributed by atoms with van der Waals surface area (Å²) in [5.74, 6) is 2.97. The number of hydrogen-bond acceptors (Lipinski definition) is 3. The molecule has 2 N–H and O–H groups in total. The normalized spacial score (nSPS) is 25.1. The van der Waals surface area contributed by atoms with Gasteiger partial charge >= 0.3 is 0 Å². The number of nitrogen functional groups attached to an aromatic ring is 1. The summed E-state index contributed by atoms with van der Waals surface area (Å²) in [6.45, 7) is 2.27. The van der Waals surface area contributed by atoms with E-state index in [0.29, 0.717) is 11.9 Å². The fourth-order valence-electron chi connectivity index (χ4n) is 2.79. The number of unbranched alkanes of at least 4 members (excludes halogenated alkanes) is 1. The number of nitrogens with zero attached hydrogens (tertiary/aromatic N) is 3. The van der Waals surface area contributed by atoms with E-state index in [-0.39, 0.29) is 0 Å². The molecule has 1 aliphatic carbocycles. The largest absolute Gasteiger partial charge is 0.368 e. The molecule has 4 heteroatoms. The first kappa shape index (κ1) is 12.4. The van der Waals surface area contributed by atoms with Gasteiger partial charge in [0, 0.05) is 13.0 Å². The van der Waals surface area contributed by atoms with Crippen molar-refractivity contribution in [2.75, 3.05) is 5.73 Å².